The fourth-order valence-corrected chi connectivity index (χ4v) is 2.68. The molecule has 0 amide bonds. The van der Waals surface area contributed by atoms with Gasteiger partial charge in [0.25, 0.3) is 0 Å². The first kappa shape index (κ1) is 21.9. The summed E-state index contributed by atoms with van der Waals surface area (Å²) < 4.78 is 0. The van der Waals surface area contributed by atoms with Crippen LogP contribution in [-0.4, -0.2) is 28.2 Å². The molecule has 0 atom stereocenters. The maximum Gasteiger partial charge on any atom is 0.124 e. The van der Waals surface area contributed by atoms with Crippen LogP contribution in [0.1, 0.15) is 38.3 Å². The summed E-state index contributed by atoms with van der Waals surface area (Å²) in [4.78, 5) is 8.78. The van der Waals surface area contributed by atoms with Gasteiger partial charge in [-0.2, -0.15) is 0 Å². The second-order valence-electron chi connectivity index (χ2n) is 6.53. The van der Waals surface area contributed by atoms with E-state index in [2.05, 4.69) is 16.9 Å². The molecule has 2 N–H and O–H groups in total. The zero-order valence-electron chi connectivity index (χ0n) is 17.2. The van der Waals surface area contributed by atoms with Crippen molar-refractivity contribution < 1.29 is 10.2 Å². The molecule has 3 rings (SSSR count). The summed E-state index contributed by atoms with van der Waals surface area (Å²) in [6, 6.07) is 24.2. The maximum absolute atomic E-state index is 9.68. The van der Waals surface area contributed by atoms with E-state index in [1.165, 1.54) is 0 Å². The minimum absolute atomic E-state index is 0.264. The molecule has 0 aliphatic carbocycles. The first-order valence-corrected chi connectivity index (χ1v) is 9.71. The maximum atomic E-state index is 9.68. The Bertz CT molecular complexity index is 963. The molecule has 0 saturated heterocycles. The average Bonchev–Trinajstić information content (AvgIpc) is 2.74. The van der Waals surface area contributed by atoms with E-state index in [0.717, 1.165) is 41.2 Å². The fraction of sp³-hybridized carbons (Fsp3) is 0.200. The Balaban J connectivity index is 0.000000212. The molecule has 29 heavy (non-hydrogen) atoms. The second kappa shape index (κ2) is 11.4. The van der Waals surface area contributed by atoms with Crippen LogP contribution in [0.3, 0.4) is 0 Å². The van der Waals surface area contributed by atoms with Gasteiger partial charge in [0.15, 0.2) is 0 Å². The highest BCUT2D eigenvalue weighted by Gasteiger charge is 2.03. The number of phenols is 2. The summed E-state index contributed by atoms with van der Waals surface area (Å²) in [5.41, 5.74) is 4.20. The first-order chi connectivity index (χ1) is 14.0. The number of benzene rings is 3. The van der Waals surface area contributed by atoms with E-state index in [1.807, 2.05) is 74.5 Å². The third-order valence-corrected chi connectivity index (χ3v) is 4.21. The highest BCUT2D eigenvalue weighted by Crippen LogP contribution is 2.19. The van der Waals surface area contributed by atoms with Gasteiger partial charge in [-0.3, -0.25) is 9.98 Å². The lowest BCUT2D eigenvalue weighted by Crippen LogP contribution is -1.96. The summed E-state index contributed by atoms with van der Waals surface area (Å²) in [5, 5.41) is 19.2. The van der Waals surface area contributed by atoms with Crippen molar-refractivity contribution in [3.8, 4) is 11.5 Å². The Morgan fingerprint density at radius 1 is 0.690 bits per heavy atom. The second-order valence-corrected chi connectivity index (χ2v) is 6.53. The molecule has 3 aromatic carbocycles. The van der Waals surface area contributed by atoms with Crippen LogP contribution < -0.4 is 0 Å². The van der Waals surface area contributed by atoms with E-state index in [-0.39, 0.29) is 5.75 Å². The van der Waals surface area contributed by atoms with Crippen LogP contribution in [-0.2, 0) is 0 Å². The smallest absolute Gasteiger partial charge is 0.124 e. The Hall–Kier alpha value is -3.40. The van der Waals surface area contributed by atoms with E-state index in [0.29, 0.717) is 5.75 Å². The standard InChI is InChI=1S/C14H13NO.C11H15NO/c1-11(13-9-5-6-10-14(13)16)15-12-7-3-2-4-8-12;1-3-8-12-9(2)10-6-4-5-7-11(10)13/h2-10,16H,1H3;4-7,13H,3,8H2,1-2H3. The summed E-state index contributed by atoms with van der Waals surface area (Å²) in [6.45, 7) is 6.72. The lowest BCUT2D eigenvalue weighted by molar-refractivity contribution is 0.473. The average molecular weight is 389 g/mol. The topological polar surface area (TPSA) is 65.2 Å². The number of para-hydroxylation sites is 3. The van der Waals surface area contributed by atoms with Crippen molar-refractivity contribution in [1.82, 2.24) is 0 Å². The van der Waals surface area contributed by atoms with Gasteiger partial charge in [0.1, 0.15) is 11.5 Å². The summed E-state index contributed by atoms with van der Waals surface area (Å²) in [6.07, 6.45) is 1.03. The third kappa shape index (κ3) is 6.92. The molecule has 3 aromatic rings. The van der Waals surface area contributed by atoms with E-state index < -0.39 is 0 Å². The van der Waals surface area contributed by atoms with Crippen LogP contribution in [0.2, 0.25) is 0 Å². The molecule has 0 bridgehead atoms. The van der Waals surface area contributed by atoms with E-state index in [9.17, 15) is 10.2 Å². The number of rotatable bonds is 5. The van der Waals surface area contributed by atoms with Gasteiger partial charge < -0.3 is 10.2 Å². The molecule has 0 spiro atoms. The largest absolute Gasteiger partial charge is 0.507 e. The highest BCUT2D eigenvalue weighted by atomic mass is 16.3. The molecule has 0 aliphatic rings. The number of hydrogen-bond acceptors (Lipinski definition) is 4. The van der Waals surface area contributed by atoms with Gasteiger partial charge in [-0.05, 0) is 56.7 Å². The van der Waals surface area contributed by atoms with Crippen LogP contribution in [0.25, 0.3) is 0 Å². The lowest BCUT2D eigenvalue weighted by atomic mass is 10.1. The molecule has 0 aliphatic heterocycles. The monoisotopic (exact) mass is 388 g/mol. The number of aromatic hydroxyl groups is 2. The lowest BCUT2D eigenvalue weighted by Gasteiger charge is -2.03. The molecule has 150 valence electrons. The fourth-order valence-electron chi connectivity index (χ4n) is 2.68. The van der Waals surface area contributed by atoms with Crippen LogP contribution >= 0.6 is 0 Å². The van der Waals surface area contributed by atoms with Gasteiger partial charge in [0.2, 0.25) is 0 Å². The van der Waals surface area contributed by atoms with Crippen molar-refractivity contribution in [2.45, 2.75) is 27.2 Å². The number of phenolic OH excluding ortho intramolecular Hbond substituents is 2. The highest BCUT2D eigenvalue weighted by molar-refractivity contribution is 6.02. The molecule has 0 aromatic heterocycles. The molecule has 4 nitrogen and oxygen atoms in total. The molecule has 0 saturated carbocycles. The summed E-state index contributed by atoms with van der Waals surface area (Å²) in [7, 11) is 0. The van der Waals surface area contributed by atoms with E-state index in [1.54, 1.807) is 18.2 Å². The Kier molecular flexibility index (Phi) is 8.64. The van der Waals surface area contributed by atoms with Crippen LogP contribution in [0.4, 0.5) is 5.69 Å². The van der Waals surface area contributed by atoms with Gasteiger partial charge in [-0.1, -0.05) is 49.4 Å². The summed E-state index contributed by atoms with van der Waals surface area (Å²) in [5.74, 6) is 0.569. The molecule has 0 fully saturated rings. The van der Waals surface area contributed by atoms with Crippen molar-refractivity contribution in [2.75, 3.05) is 6.54 Å². The Morgan fingerprint density at radius 2 is 1.17 bits per heavy atom. The number of aliphatic imine (C=N–C) groups is 2. The predicted octanol–water partition coefficient (Wildman–Crippen LogP) is 6.14. The van der Waals surface area contributed by atoms with Gasteiger partial charge in [-0.15, -0.1) is 0 Å². The van der Waals surface area contributed by atoms with Gasteiger partial charge in [0.05, 0.1) is 5.69 Å². The van der Waals surface area contributed by atoms with E-state index >= 15 is 0 Å². The van der Waals surface area contributed by atoms with Crippen LogP contribution in [0.15, 0.2) is 88.8 Å². The van der Waals surface area contributed by atoms with Crippen molar-refractivity contribution in [3.05, 3.63) is 90.0 Å². The van der Waals surface area contributed by atoms with Crippen molar-refractivity contribution >= 4 is 17.1 Å². The molecule has 0 radical (unpaired) electrons. The third-order valence-electron chi connectivity index (χ3n) is 4.21. The zero-order chi connectivity index (χ0) is 21.1. The molecular formula is C25H28N2O2. The molecular weight excluding hydrogens is 360 g/mol. The van der Waals surface area contributed by atoms with Crippen LogP contribution in [0.5, 0.6) is 11.5 Å². The normalized spacial score (nSPS) is 11.6. The Morgan fingerprint density at radius 3 is 1.69 bits per heavy atom. The van der Waals surface area contributed by atoms with Crippen molar-refractivity contribution in [2.24, 2.45) is 9.98 Å². The first-order valence-electron chi connectivity index (χ1n) is 9.71. The minimum Gasteiger partial charge on any atom is -0.507 e. The van der Waals surface area contributed by atoms with Gasteiger partial charge >= 0.3 is 0 Å². The predicted molar refractivity (Wildman–Crippen MR) is 122 cm³/mol. The SMILES string of the molecule is CC(=Nc1ccccc1)c1ccccc1O.CCCN=C(C)c1ccccc1O. The summed E-state index contributed by atoms with van der Waals surface area (Å²) >= 11 is 0. The van der Waals surface area contributed by atoms with Crippen LogP contribution in [0, 0.1) is 0 Å². The molecule has 0 unspecified atom stereocenters. The molecule has 0 heterocycles. The van der Waals surface area contributed by atoms with Gasteiger partial charge in [0, 0.05) is 29.1 Å². The number of hydrogen-bond donors (Lipinski definition) is 2. The van der Waals surface area contributed by atoms with Crippen molar-refractivity contribution in [1.29, 1.82) is 0 Å². The van der Waals surface area contributed by atoms with Gasteiger partial charge in [-0.25, -0.2) is 0 Å². The molecule has 4 heteroatoms. The quantitative estimate of drug-likeness (QED) is 0.515. The zero-order valence-corrected chi connectivity index (χ0v) is 17.2. The van der Waals surface area contributed by atoms with E-state index in [4.69, 9.17) is 0 Å². The Labute approximate surface area is 172 Å². The van der Waals surface area contributed by atoms with Crippen molar-refractivity contribution in [3.63, 3.8) is 0 Å². The minimum atomic E-state index is 0.264. The number of nitrogens with zero attached hydrogens (tertiary/aromatic N) is 2.